The second-order valence-corrected chi connectivity index (χ2v) is 7.71. The number of anilines is 3. The van der Waals surface area contributed by atoms with Gasteiger partial charge in [-0.1, -0.05) is 30.3 Å². The molecular weight excluding hydrogens is 318 g/mol. The molecule has 0 spiro atoms. The van der Waals surface area contributed by atoms with Gasteiger partial charge in [0.2, 0.25) is 0 Å². The highest BCUT2D eigenvalue weighted by molar-refractivity contribution is 5.85. The first kappa shape index (κ1) is 16.8. The molecule has 1 aromatic heterocycles. The summed E-state index contributed by atoms with van der Waals surface area (Å²) in [6, 6.07) is 21.8. The summed E-state index contributed by atoms with van der Waals surface area (Å²) in [5.74, 6) is 0. The van der Waals surface area contributed by atoms with E-state index in [2.05, 4.69) is 116 Å². The Labute approximate surface area is 156 Å². The Balaban J connectivity index is 1.88. The van der Waals surface area contributed by atoms with E-state index in [0.29, 0.717) is 0 Å². The largest absolute Gasteiger partial charge is 0.352 e. The van der Waals surface area contributed by atoms with Crippen molar-refractivity contribution < 1.29 is 0 Å². The summed E-state index contributed by atoms with van der Waals surface area (Å²) in [6.45, 7) is 9.13. The lowest BCUT2D eigenvalue weighted by Crippen LogP contribution is -2.50. The molecule has 0 radical (unpaired) electrons. The zero-order valence-electron chi connectivity index (χ0n) is 16.3. The molecule has 0 amide bonds. The molecule has 3 aromatic rings. The summed E-state index contributed by atoms with van der Waals surface area (Å²) in [4.78, 5) is 5.01. The number of fused-ring (bicyclic) bond motifs is 1. The standard InChI is InChI=1S/C23H27N3/c1-17-11-6-7-12-19(17)25-18(2)26(21-14-9-8-13-20(21)25)23(3,4)22-15-10-16-24(22)5/h6-16,18H,1-5H3/t18-/m1/s1. The minimum atomic E-state index is -0.134. The third-order valence-corrected chi connectivity index (χ3v) is 5.70. The molecule has 2 aromatic carbocycles. The number of hydrogen-bond donors (Lipinski definition) is 0. The minimum Gasteiger partial charge on any atom is -0.352 e. The van der Waals surface area contributed by atoms with E-state index in [1.54, 1.807) is 0 Å². The highest BCUT2D eigenvalue weighted by atomic mass is 15.4. The van der Waals surface area contributed by atoms with Gasteiger partial charge in [-0.3, -0.25) is 0 Å². The van der Waals surface area contributed by atoms with Gasteiger partial charge < -0.3 is 14.4 Å². The number of rotatable bonds is 3. The second kappa shape index (κ2) is 5.94. The SMILES string of the molecule is Cc1ccccc1N1c2ccccc2N(C(C)(C)c2cccn2C)[C@@H]1C. The highest BCUT2D eigenvalue weighted by Gasteiger charge is 2.43. The number of para-hydroxylation sites is 3. The van der Waals surface area contributed by atoms with Crippen LogP contribution in [0.3, 0.4) is 0 Å². The number of hydrogen-bond acceptors (Lipinski definition) is 2. The van der Waals surface area contributed by atoms with Crippen LogP contribution in [0.4, 0.5) is 17.1 Å². The molecule has 1 aliphatic rings. The summed E-state index contributed by atoms with van der Waals surface area (Å²) in [5.41, 5.74) is 6.31. The van der Waals surface area contributed by atoms with Crippen molar-refractivity contribution in [3.05, 3.63) is 78.1 Å². The molecule has 0 saturated heterocycles. The van der Waals surface area contributed by atoms with Crippen molar-refractivity contribution in [3.63, 3.8) is 0 Å². The molecule has 134 valence electrons. The van der Waals surface area contributed by atoms with Crippen LogP contribution in [0.15, 0.2) is 66.9 Å². The molecule has 1 atom stereocenters. The quantitative estimate of drug-likeness (QED) is 0.614. The molecule has 3 nitrogen and oxygen atoms in total. The predicted octanol–water partition coefficient (Wildman–Crippen LogP) is 5.57. The van der Waals surface area contributed by atoms with Gasteiger partial charge in [0.15, 0.2) is 0 Å². The molecule has 0 bridgehead atoms. The van der Waals surface area contributed by atoms with Crippen LogP contribution in [0.25, 0.3) is 0 Å². The molecule has 0 unspecified atom stereocenters. The first-order valence-corrected chi connectivity index (χ1v) is 9.28. The van der Waals surface area contributed by atoms with Gasteiger partial charge in [-0.25, -0.2) is 0 Å². The molecule has 0 aliphatic carbocycles. The van der Waals surface area contributed by atoms with Crippen LogP contribution in [0, 0.1) is 6.92 Å². The summed E-state index contributed by atoms with van der Waals surface area (Å²) in [5, 5.41) is 0. The third kappa shape index (κ3) is 2.34. The monoisotopic (exact) mass is 345 g/mol. The maximum absolute atomic E-state index is 2.55. The fourth-order valence-corrected chi connectivity index (χ4v) is 4.54. The Morgan fingerprint density at radius 2 is 1.42 bits per heavy atom. The maximum Gasteiger partial charge on any atom is 0.104 e. The van der Waals surface area contributed by atoms with Gasteiger partial charge in [0, 0.05) is 24.6 Å². The fourth-order valence-electron chi connectivity index (χ4n) is 4.54. The number of aromatic nitrogens is 1. The fraction of sp³-hybridized carbons (Fsp3) is 0.304. The van der Waals surface area contributed by atoms with E-state index < -0.39 is 0 Å². The molecule has 1 aliphatic heterocycles. The molecule has 0 fully saturated rings. The lowest BCUT2D eigenvalue weighted by molar-refractivity contribution is 0.425. The Morgan fingerprint density at radius 3 is 2.04 bits per heavy atom. The first-order valence-electron chi connectivity index (χ1n) is 9.28. The average Bonchev–Trinajstić information content (AvgIpc) is 3.17. The van der Waals surface area contributed by atoms with Crippen LogP contribution in [-0.4, -0.2) is 10.7 Å². The lowest BCUT2D eigenvalue weighted by atomic mass is 9.96. The van der Waals surface area contributed by atoms with Gasteiger partial charge in [-0.15, -0.1) is 0 Å². The summed E-state index contributed by atoms with van der Waals surface area (Å²) >= 11 is 0. The van der Waals surface area contributed by atoms with Crippen LogP contribution in [0.1, 0.15) is 32.0 Å². The highest BCUT2D eigenvalue weighted by Crippen LogP contribution is 2.49. The van der Waals surface area contributed by atoms with E-state index in [0.717, 1.165) is 0 Å². The molecule has 26 heavy (non-hydrogen) atoms. The topological polar surface area (TPSA) is 11.4 Å². The number of aryl methyl sites for hydroxylation is 2. The Hall–Kier alpha value is -2.68. The van der Waals surface area contributed by atoms with E-state index in [1.807, 2.05) is 0 Å². The van der Waals surface area contributed by atoms with Gasteiger partial charge in [0.25, 0.3) is 0 Å². The van der Waals surface area contributed by atoms with Crippen molar-refractivity contribution >= 4 is 17.1 Å². The van der Waals surface area contributed by atoms with Gasteiger partial charge in [0.1, 0.15) is 6.17 Å². The van der Waals surface area contributed by atoms with Crippen molar-refractivity contribution in [2.24, 2.45) is 7.05 Å². The van der Waals surface area contributed by atoms with E-state index >= 15 is 0 Å². The zero-order valence-corrected chi connectivity index (χ0v) is 16.3. The third-order valence-electron chi connectivity index (χ3n) is 5.70. The van der Waals surface area contributed by atoms with Crippen molar-refractivity contribution in [2.45, 2.75) is 39.4 Å². The maximum atomic E-state index is 2.55. The molecule has 4 rings (SSSR count). The van der Waals surface area contributed by atoms with Crippen LogP contribution >= 0.6 is 0 Å². The molecular formula is C23H27N3. The van der Waals surface area contributed by atoms with Gasteiger partial charge in [0.05, 0.1) is 16.9 Å². The van der Waals surface area contributed by atoms with Crippen molar-refractivity contribution in [1.82, 2.24) is 4.57 Å². The first-order chi connectivity index (χ1) is 12.4. The predicted molar refractivity (Wildman–Crippen MR) is 110 cm³/mol. The van der Waals surface area contributed by atoms with Gasteiger partial charge in [-0.05, 0) is 63.6 Å². The Kier molecular flexibility index (Phi) is 3.83. The normalized spacial score (nSPS) is 16.9. The van der Waals surface area contributed by atoms with E-state index in [4.69, 9.17) is 0 Å². The van der Waals surface area contributed by atoms with E-state index in [9.17, 15) is 0 Å². The van der Waals surface area contributed by atoms with Crippen molar-refractivity contribution in [3.8, 4) is 0 Å². The van der Waals surface area contributed by atoms with Gasteiger partial charge in [-0.2, -0.15) is 0 Å². The van der Waals surface area contributed by atoms with E-state index in [-0.39, 0.29) is 11.7 Å². The molecule has 0 saturated carbocycles. The Morgan fingerprint density at radius 1 is 0.808 bits per heavy atom. The lowest BCUT2D eigenvalue weighted by Gasteiger charge is -2.42. The van der Waals surface area contributed by atoms with Crippen LogP contribution < -0.4 is 9.80 Å². The summed E-state index contributed by atoms with van der Waals surface area (Å²) in [6.07, 6.45) is 2.35. The summed E-state index contributed by atoms with van der Waals surface area (Å²) in [7, 11) is 2.13. The Bertz CT molecular complexity index is 938. The summed E-state index contributed by atoms with van der Waals surface area (Å²) < 4.78 is 2.23. The second-order valence-electron chi connectivity index (χ2n) is 7.71. The molecule has 2 heterocycles. The average molecular weight is 345 g/mol. The molecule has 0 N–H and O–H groups in total. The van der Waals surface area contributed by atoms with E-state index in [1.165, 1.54) is 28.3 Å². The smallest absolute Gasteiger partial charge is 0.104 e. The van der Waals surface area contributed by atoms with Crippen LogP contribution in [0.2, 0.25) is 0 Å². The van der Waals surface area contributed by atoms with Crippen LogP contribution in [0.5, 0.6) is 0 Å². The zero-order chi connectivity index (χ0) is 18.5. The number of benzene rings is 2. The minimum absolute atomic E-state index is 0.134. The van der Waals surface area contributed by atoms with Crippen LogP contribution in [-0.2, 0) is 12.6 Å². The molecule has 3 heteroatoms. The van der Waals surface area contributed by atoms with Crippen molar-refractivity contribution in [2.75, 3.05) is 9.80 Å². The van der Waals surface area contributed by atoms with Gasteiger partial charge >= 0.3 is 0 Å². The van der Waals surface area contributed by atoms with Crippen molar-refractivity contribution in [1.29, 1.82) is 0 Å². The number of nitrogens with zero attached hydrogens (tertiary/aromatic N) is 3.